The van der Waals surface area contributed by atoms with Crippen molar-refractivity contribution in [2.45, 2.75) is 20.8 Å². The maximum absolute atomic E-state index is 6.31. The van der Waals surface area contributed by atoms with Crippen LogP contribution in [0.2, 0.25) is 4.34 Å². The van der Waals surface area contributed by atoms with E-state index in [1.54, 1.807) is 62.9 Å². The van der Waals surface area contributed by atoms with Crippen LogP contribution in [0.3, 0.4) is 0 Å². The molecule has 0 bridgehead atoms. The molecule has 0 radical (unpaired) electrons. The van der Waals surface area contributed by atoms with Crippen molar-refractivity contribution in [1.82, 2.24) is 15.0 Å². The summed E-state index contributed by atoms with van der Waals surface area (Å²) in [7, 11) is 0. The smallest absolute Gasteiger partial charge is 0.162 e. The molecule has 0 atom stereocenters. The monoisotopic (exact) mass is 707 g/mol. The van der Waals surface area contributed by atoms with Gasteiger partial charge in [-0.2, -0.15) is 0 Å². The molecule has 4 nitrogen and oxygen atoms in total. The third-order valence-electron chi connectivity index (χ3n) is 8.08. The molecule has 0 amide bonds. The SMILES string of the molecule is Cc1ccc(-c2nc3c(-c4ccc(C)c5nc(-c6ccc(Cl)s6)sc45)ccc(-c4ccc(C)c5sc(-c6ccco6)nc45)c3s2)s1. The van der Waals surface area contributed by atoms with Crippen molar-refractivity contribution in [3.05, 3.63) is 99.4 Å². The number of furan rings is 1. The van der Waals surface area contributed by atoms with Crippen LogP contribution in [0.15, 0.2) is 83.5 Å². The lowest BCUT2D eigenvalue weighted by atomic mass is 9.97. The first kappa shape index (κ1) is 28.5. The third kappa shape index (κ3) is 4.60. The lowest BCUT2D eigenvalue weighted by Crippen LogP contribution is -1.88. The van der Waals surface area contributed by atoms with E-state index >= 15 is 0 Å². The van der Waals surface area contributed by atoms with Crippen LogP contribution < -0.4 is 0 Å². The fourth-order valence-electron chi connectivity index (χ4n) is 5.83. The molecule has 9 rings (SSSR count). The van der Waals surface area contributed by atoms with Crippen LogP contribution in [0.4, 0.5) is 0 Å². The molecule has 0 saturated carbocycles. The van der Waals surface area contributed by atoms with Crippen LogP contribution in [0.5, 0.6) is 0 Å². The molecule has 224 valence electrons. The second-order valence-corrected chi connectivity index (χ2v) is 17.1. The fraction of sp³-hybridized carbons (Fsp3) is 0.0833. The predicted molar refractivity (Wildman–Crippen MR) is 200 cm³/mol. The van der Waals surface area contributed by atoms with Crippen molar-refractivity contribution in [2.24, 2.45) is 0 Å². The Balaban J connectivity index is 1.30. The summed E-state index contributed by atoms with van der Waals surface area (Å²) in [6, 6.07) is 25.5. The molecule has 6 heterocycles. The van der Waals surface area contributed by atoms with Gasteiger partial charge in [0.15, 0.2) is 10.8 Å². The van der Waals surface area contributed by atoms with Gasteiger partial charge >= 0.3 is 0 Å². The van der Waals surface area contributed by atoms with Crippen LogP contribution >= 0.6 is 68.3 Å². The van der Waals surface area contributed by atoms with Gasteiger partial charge in [-0.3, -0.25) is 0 Å². The molecule has 0 fully saturated rings. The Hall–Kier alpha value is -3.70. The van der Waals surface area contributed by atoms with Crippen LogP contribution in [0, 0.1) is 20.8 Å². The summed E-state index contributed by atoms with van der Waals surface area (Å²) in [6.45, 7) is 6.42. The average molecular weight is 708 g/mol. The second kappa shape index (κ2) is 10.9. The summed E-state index contributed by atoms with van der Waals surface area (Å²) in [4.78, 5) is 19.1. The molecule has 3 aromatic carbocycles. The first-order chi connectivity index (χ1) is 22.4. The van der Waals surface area contributed by atoms with E-state index in [0.717, 1.165) is 83.8 Å². The van der Waals surface area contributed by atoms with E-state index in [1.165, 1.54) is 20.0 Å². The van der Waals surface area contributed by atoms with E-state index < -0.39 is 0 Å². The van der Waals surface area contributed by atoms with Gasteiger partial charge in [0.2, 0.25) is 0 Å². The van der Waals surface area contributed by atoms with E-state index in [4.69, 9.17) is 31.0 Å². The van der Waals surface area contributed by atoms with Gasteiger partial charge in [-0.25, -0.2) is 15.0 Å². The van der Waals surface area contributed by atoms with Crippen molar-refractivity contribution >= 4 is 98.9 Å². The Morgan fingerprint density at radius 2 is 1.11 bits per heavy atom. The maximum atomic E-state index is 6.31. The molecule has 9 aromatic rings. The number of aryl methyl sites for hydroxylation is 3. The van der Waals surface area contributed by atoms with Gasteiger partial charge in [0.25, 0.3) is 0 Å². The van der Waals surface area contributed by atoms with Crippen LogP contribution in [0.1, 0.15) is 16.0 Å². The maximum Gasteiger partial charge on any atom is 0.162 e. The summed E-state index contributed by atoms with van der Waals surface area (Å²) in [6.07, 6.45) is 1.70. The van der Waals surface area contributed by atoms with E-state index in [1.807, 2.05) is 18.2 Å². The van der Waals surface area contributed by atoms with Gasteiger partial charge in [0.05, 0.1) is 51.0 Å². The van der Waals surface area contributed by atoms with Crippen LogP contribution in [-0.2, 0) is 0 Å². The van der Waals surface area contributed by atoms with Gasteiger partial charge in [-0.05, 0) is 68.3 Å². The normalized spacial score (nSPS) is 11.9. The van der Waals surface area contributed by atoms with E-state index in [9.17, 15) is 0 Å². The minimum atomic E-state index is 0.768. The Morgan fingerprint density at radius 3 is 1.80 bits per heavy atom. The molecule has 0 spiro atoms. The number of thiophene rings is 2. The molecule has 46 heavy (non-hydrogen) atoms. The molecule has 10 heteroatoms. The summed E-state index contributed by atoms with van der Waals surface area (Å²) in [5, 5.41) is 2.90. The molecule has 0 unspecified atom stereocenters. The van der Waals surface area contributed by atoms with Crippen LogP contribution in [0.25, 0.3) is 83.4 Å². The Bertz CT molecular complexity index is 2600. The highest BCUT2D eigenvalue weighted by Gasteiger charge is 2.23. The zero-order chi connectivity index (χ0) is 31.1. The first-order valence-corrected chi connectivity index (χ1v) is 19.0. The van der Waals surface area contributed by atoms with Crippen molar-refractivity contribution in [1.29, 1.82) is 0 Å². The quantitative estimate of drug-likeness (QED) is 0.179. The van der Waals surface area contributed by atoms with Gasteiger partial charge < -0.3 is 4.42 Å². The van der Waals surface area contributed by atoms with Crippen molar-refractivity contribution < 1.29 is 4.42 Å². The molecule has 0 aliphatic carbocycles. The number of aromatic nitrogens is 3. The molecular formula is C36H22ClN3OS5. The first-order valence-electron chi connectivity index (χ1n) is 14.5. The van der Waals surface area contributed by atoms with E-state index in [2.05, 4.69) is 75.4 Å². The molecule has 0 aliphatic rings. The summed E-state index contributed by atoms with van der Waals surface area (Å²) in [5.41, 5.74) is 9.87. The highest BCUT2D eigenvalue weighted by atomic mass is 35.5. The van der Waals surface area contributed by atoms with Crippen molar-refractivity contribution in [3.63, 3.8) is 0 Å². The highest BCUT2D eigenvalue weighted by molar-refractivity contribution is 7.27. The summed E-state index contributed by atoms with van der Waals surface area (Å²) >= 11 is 14.8. The summed E-state index contributed by atoms with van der Waals surface area (Å²) in [5.74, 6) is 0.789. The predicted octanol–water partition coefficient (Wildman–Crippen LogP) is 13.1. The number of nitrogens with zero attached hydrogens (tertiary/aromatic N) is 3. The van der Waals surface area contributed by atoms with Gasteiger partial charge in [0, 0.05) is 27.1 Å². The summed E-state index contributed by atoms with van der Waals surface area (Å²) < 4.78 is 9.98. The number of fused-ring (bicyclic) bond motifs is 3. The van der Waals surface area contributed by atoms with Gasteiger partial charge in [0.1, 0.15) is 10.0 Å². The number of benzene rings is 3. The molecule has 0 aliphatic heterocycles. The van der Waals surface area contributed by atoms with Crippen molar-refractivity contribution in [3.8, 4) is 52.8 Å². The molecule has 0 N–H and O–H groups in total. The minimum absolute atomic E-state index is 0.768. The third-order valence-corrected chi connectivity index (χ3v) is 14.0. The van der Waals surface area contributed by atoms with Crippen LogP contribution in [-0.4, -0.2) is 15.0 Å². The molecule has 6 aromatic heterocycles. The van der Waals surface area contributed by atoms with Gasteiger partial charge in [-0.15, -0.1) is 56.7 Å². The fourth-order valence-corrected chi connectivity index (χ4v) is 11.2. The number of rotatable bonds is 5. The Morgan fingerprint density at radius 1 is 0.522 bits per heavy atom. The standard InChI is InChI=1S/C36H22ClN3OS5/c1-17-6-10-22(32-28(17)38-36(45-32)26-14-15-27(37)43-26)21-11-12-23(33-30(21)40-35(46-33)25-13-8-19(3)42-25)20-9-7-18(2)31-29(20)39-34(44-31)24-5-4-16-41-24/h4-16H,1-3H3. The highest BCUT2D eigenvalue weighted by Crippen LogP contribution is 2.48. The zero-order valence-corrected chi connectivity index (χ0v) is 29.5. The molecule has 0 saturated heterocycles. The van der Waals surface area contributed by atoms with E-state index in [0.29, 0.717) is 0 Å². The minimum Gasteiger partial charge on any atom is -0.462 e. The number of hydrogen-bond donors (Lipinski definition) is 0. The van der Waals surface area contributed by atoms with E-state index in [-0.39, 0.29) is 0 Å². The average Bonchev–Trinajstić information content (AvgIpc) is 3.89. The second-order valence-electron chi connectivity index (χ2n) is 11.1. The van der Waals surface area contributed by atoms with Crippen molar-refractivity contribution in [2.75, 3.05) is 0 Å². The van der Waals surface area contributed by atoms with Gasteiger partial charge in [-0.1, -0.05) is 48.0 Å². The lowest BCUT2D eigenvalue weighted by Gasteiger charge is -2.10. The Labute approximate surface area is 289 Å². The number of halogens is 1. The number of hydrogen-bond acceptors (Lipinski definition) is 9. The Kier molecular flexibility index (Phi) is 6.78. The number of thiazole rings is 3. The largest absolute Gasteiger partial charge is 0.462 e. The topological polar surface area (TPSA) is 51.8 Å². The lowest BCUT2D eigenvalue weighted by molar-refractivity contribution is 0.582. The molecular weight excluding hydrogens is 686 g/mol. The zero-order valence-electron chi connectivity index (χ0n) is 24.7.